The van der Waals surface area contributed by atoms with E-state index in [1.165, 1.54) is 0 Å². The van der Waals surface area contributed by atoms with Crippen LogP contribution in [0.4, 0.5) is 5.95 Å². The van der Waals surface area contributed by atoms with Gasteiger partial charge in [-0.05, 0) is 6.42 Å². The van der Waals surface area contributed by atoms with Crippen LogP contribution in [0.5, 0.6) is 0 Å². The zero-order valence-electron chi connectivity index (χ0n) is 11.6. The summed E-state index contributed by atoms with van der Waals surface area (Å²) in [7, 11) is 1.90. The molecular weight excluding hydrogens is 268 g/mol. The van der Waals surface area contributed by atoms with Crippen LogP contribution < -0.4 is 5.32 Å². The fourth-order valence-corrected chi connectivity index (χ4v) is 2.06. The Morgan fingerprint density at radius 3 is 3.10 bits per heavy atom. The average Bonchev–Trinajstić information content (AvgIpc) is 3.10. The number of hydrogen-bond donors (Lipinski definition) is 1. The van der Waals surface area contributed by atoms with E-state index in [2.05, 4.69) is 31.3 Å². The van der Waals surface area contributed by atoms with Gasteiger partial charge in [-0.2, -0.15) is 10.2 Å². The van der Waals surface area contributed by atoms with E-state index < -0.39 is 0 Å². The third-order valence-corrected chi connectivity index (χ3v) is 3.13. The predicted molar refractivity (Wildman–Crippen MR) is 76.4 cm³/mol. The van der Waals surface area contributed by atoms with E-state index in [0.717, 1.165) is 24.1 Å². The van der Waals surface area contributed by atoms with Crippen molar-refractivity contribution in [1.29, 1.82) is 5.26 Å². The molecule has 3 heterocycles. The van der Waals surface area contributed by atoms with Crippen LogP contribution in [0.1, 0.15) is 12.2 Å². The van der Waals surface area contributed by atoms with Gasteiger partial charge < -0.3 is 14.5 Å². The molecule has 0 fully saturated rings. The molecule has 0 aromatic carbocycles. The topological polar surface area (TPSA) is 97.2 Å². The molecule has 1 N–H and O–H groups in total. The summed E-state index contributed by atoms with van der Waals surface area (Å²) in [5.41, 5.74) is 1.58. The van der Waals surface area contributed by atoms with Crippen LogP contribution in [0.2, 0.25) is 0 Å². The molecule has 0 aliphatic carbocycles. The van der Waals surface area contributed by atoms with Crippen molar-refractivity contribution in [2.75, 3.05) is 11.9 Å². The van der Waals surface area contributed by atoms with Crippen molar-refractivity contribution in [2.45, 2.75) is 13.0 Å². The second kappa shape index (κ2) is 5.58. The number of anilines is 1. The Hall–Kier alpha value is -2.95. The second-order valence-corrected chi connectivity index (χ2v) is 4.59. The Balaban J connectivity index is 1.57. The minimum atomic E-state index is 0.433. The van der Waals surface area contributed by atoms with Crippen LogP contribution in [0.15, 0.2) is 24.9 Å². The van der Waals surface area contributed by atoms with Gasteiger partial charge in [0.25, 0.3) is 0 Å². The van der Waals surface area contributed by atoms with Gasteiger partial charge in [0.2, 0.25) is 11.8 Å². The van der Waals surface area contributed by atoms with Crippen LogP contribution in [0.3, 0.4) is 0 Å². The van der Waals surface area contributed by atoms with E-state index in [1.54, 1.807) is 24.9 Å². The molecule has 8 nitrogen and oxygen atoms in total. The van der Waals surface area contributed by atoms with Crippen LogP contribution in [0.25, 0.3) is 11.2 Å². The fourth-order valence-electron chi connectivity index (χ4n) is 2.06. The Kier molecular flexibility index (Phi) is 3.47. The molecule has 3 aromatic heterocycles. The number of fused-ring (bicyclic) bond motifs is 1. The largest absolute Gasteiger partial charge is 0.354 e. The molecule has 0 amide bonds. The Morgan fingerprint density at radius 1 is 1.33 bits per heavy atom. The number of nitriles is 1. The summed E-state index contributed by atoms with van der Waals surface area (Å²) in [6.07, 6.45) is 7.69. The zero-order valence-corrected chi connectivity index (χ0v) is 11.6. The van der Waals surface area contributed by atoms with Crippen LogP contribution in [-0.2, 0) is 13.6 Å². The monoisotopic (exact) mass is 282 g/mol. The van der Waals surface area contributed by atoms with E-state index in [4.69, 9.17) is 5.26 Å². The van der Waals surface area contributed by atoms with Gasteiger partial charge in [-0.1, -0.05) is 0 Å². The standard InChI is InChI=1S/C13H14N8/c1-20-9-18-10-8-17-13(19-12(10)20)16-3-2-5-21-6-4-15-11(21)7-14/h4,6,8-9H,2-3,5H2,1H3,(H,16,17,19). The lowest BCUT2D eigenvalue weighted by Gasteiger charge is -2.06. The van der Waals surface area contributed by atoms with Gasteiger partial charge in [-0.15, -0.1) is 0 Å². The summed E-state index contributed by atoms with van der Waals surface area (Å²) in [4.78, 5) is 16.8. The molecule has 0 bridgehead atoms. The molecule has 0 unspecified atom stereocenters. The molecule has 0 radical (unpaired) electrons. The van der Waals surface area contributed by atoms with Crippen molar-refractivity contribution in [1.82, 2.24) is 29.1 Å². The van der Waals surface area contributed by atoms with E-state index >= 15 is 0 Å². The van der Waals surface area contributed by atoms with Crippen molar-refractivity contribution in [3.8, 4) is 6.07 Å². The van der Waals surface area contributed by atoms with E-state index in [9.17, 15) is 0 Å². The molecular formula is C13H14N8. The molecule has 0 aliphatic rings. The minimum Gasteiger partial charge on any atom is -0.354 e. The summed E-state index contributed by atoms with van der Waals surface area (Å²) in [5.74, 6) is 1.01. The zero-order chi connectivity index (χ0) is 14.7. The van der Waals surface area contributed by atoms with Gasteiger partial charge in [0.05, 0.1) is 12.5 Å². The van der Waals surface area contributed by atoms with Crippen molar-refractivity contribution in [2.24, 2.45) is 7.05 Å². The molecule has 0 spiro atoms. The molecule has 106 valence electrons. The number of hydrogen-bond acceptors (Lipinski definition) is 6. The maximum atomic E-state index is 8.87. The molecule has 0 atom stereocenters. The van der Waals surface area contributed by atoms with E-state index in [1.807, 2.05) is 16.2 Å². The normalized spacial score (nSPS) is 10.7. The summed E-state index contributed by atoms with van der Waals surface area (Å²) >= 11 is 0. The lowest BCUT2D eigenvalue weighted by atomic mass is 10.4. The third-order valence-electron chi connectivity index (χ3n) is 3.13. The van der Waals surface area contributed by atoms with Gasteiger partial charge in [0.15, 0.2) is 5.65 Å². The highest BCUT2D eigenvalue weighted by atomic mass is 15.2. The number of aryl methyl sites for hydroxylation is 2. The van der Waals surface area contributed by atoms with Gasteiger partial charge in [0.1, 0.15) is 11.6 Å². The van der Waals surface area contributed by atoms with Crippen molar-refractivity contribution >= 4 is 17.1 Å². The van der Waals surface area contributed by atoms with E-state index in [0.29, 0.717) is 18.3 Å². The lowest BCUT2D eigenvalue weighted by molar-refractivity contribution is 0.651. The molecule has 3 rings (SSSR count). The first-order chi connectivity index (χ1) is 10.3. The van der Waals surface area contributed by atoms with Gasteiger partial charge >= 0.3 is 0 Å². The summed E-state index contributed by atoms with van der Waals surface area (Å²) < 4.78 is 3.68. The highest BCUT2D eigenvalue weighted by molar-refractivity contribution is 5.70. The number of rotatable bonds is 5. The molecule has 0 aliphatic heterocycles. The maximum absolute atomic E-state index is 8.87. The quantitative estimate of drug-likeness (QED) is 0.699. The number of nitrogens with one attached hydrogen (secondary N) is 1. The highest BCUT2D eigenvalue weighted by Crippen LogP contribution is 2.09. The first-order valence-corrected chi connectivity index (χ1v) is 6.57. The molecule has 8 heteroatoms. The Labute approximate surface area is 121 Å². The average molecular weight is 282 g/mol. The lowest BCUT2D eigenvalue weighted by Crippen LogP contribution is -2.09. The van der Waals surface area contributed by atoms with Crippen LogP contribution >= 0.6 is 0 Å². The summed E-state index contributed by atoms with van der Waals surface area (Å²) in [5, 5.41) is 12.0. The Morgan fingerprint density at radius 2 is 2.24 bits per heavy atom. The first-order valence-electron chi connectivity index (χ1n) is 6.57. The van der Waals surface area contributed by atoms with Crippen molar-refractivity contribution in [3.63, 3.8) is 0 Å². The highest BCUT2D eigenvalue weighted by Gasteiger charge is 2.04. The summed E-state index contributed by atoms with van der Waals surface area (Å²) in [6.45, 7) is 1.44. The SMILES string of the molecule is Cn1cnc2cnc(NCCCn3ccnc3C#N)nc21. The second-order valence-electron chi connectivity index (χ2n) is 4.59. The molecule has 0 saturated heterocycles. The van der Waals surface area contributed by atoms with Crippen LogP contribution in [0, 0.1) is 11.3 Å². The predicted octanol–water partition coefficient (Wildman–Crippen LogP) is 0.934. The van der Waals surface area contributed by atoms with Crippen molar-refractivity contribution < 1.29 is 0 Å². The molecule has 21 heavy (non-hydrogen) atoms. The van der Waals surface area contributed by atoms with Gasteiger partial charge in [-0.3, -0.25) is 0 Å². The van der Waals surface area contributed by atoms with Gasteiger partial charge in [0, 0.05) is 32.5 Å². The van der Waals surface area contributed by atoms with Gasteiger partial charge in [-0.25, -0.2) is 15.0 Å². The van der Waals surface area contributed by atoms with Crippen molar-refractivity contribution in [3.05, 3.63) is 30.7 Å². The number of aromatic nitrogens is 6. The number of imidazole rings is 2. The fraction of sp³-hybridized carbons (Fsp3) is 0.308. The maximum Gasteiger partial charge on any atom is 0.224 e. The summed E-state index contributed by atoms with van der Waals surface area (Å²) in [6, 6.07) is 2.05. The van der Waals surface area contributed by atoms with Crippen LogP contribution in [-0.4, -0.2) is 35.6 Å². The molecule has 0 saturated carbocycles. The smallest absolute Gasteiger partial charge is 0.224 e. The number of nitrogens with zero attached hydrogens (tertiary/aromatic N) is 7. The third kappa shape index (κ3) is 2.67. The molecule has 3 aromatic rings. The Bertz CT molecular complexity index is 794. The minimum absolute atomic E-state index is 0.433. The van der Waals surface area contributed by atoms with E-state index in [-0.39, 0.29) is 0 Å². The first kappa shape index (κ1) is 13.1.